The highest BCUT2D eigenvalue weighted by Gasteiger charge is 1.92. The molecule has 0 unspecified atom stereocenters. The Labute approximate surface area is 96.6 Å². The van der Waals surface area contributed by atoms with Crippen molar-refractivity contribution in [1.82, 2.24) is 0 Å². The lowest BCUT2D eigenvalue weighted by Crippen LogP contribution is -2.30. The summed E-state index contributed by atoms with van der Waals surface area (Å²) in [6.45, 7) is 6.63. The van der Waals surface area contributed by atoms with E-state index in [9.17, 15) is 13.0 Å². The van der Waals surface area contributed by atoms with Crippen LogP contribution in [-0.2, 0) is 21.1 Å². The smallest absolute Gasteiger partial charge is 0.217 e. The predicted octanol–water partition coefficient (Wildman–Crippen LogP) is 0.786. The minimum atomic E-state index is -4.42. The number of rotatable bonds is 3. The van der Waals surface area contributed by atoms with Crippen LogP contribution < -0.4 is 4.57 Å². The van der Waals surface area contributed by atoms with Crippen LogP contribution in [0.4, 0.5) is 0 Å². The van der Waals surface area contributed by atoms with Gasteiger partial charge in [0.2, 0.25) is 10.4 Å². The van der Waals surface area contributed by atoms with E-state index < -0.39 is 10.4 Å². The van der Waals surface area contributed by atoms with Gasteiger partial charge < -0.3 is 4.55 Å². The van der Waals surface area contributed by atoms with Crippen LogP contribution in [0.1, 0.15) is 19.4 Å². The fourth-order valence-electron chi connectivity index (χ4n) is 0.994. The van der Waals surface area contributed by atoms with Gasteiger partial charge in [-0.05, 0) is 26.8 Å². The topological polar surface area (TPSA) is 70.3 Å². The monoisotopic (exact) mass is 247 g/mol. The van der Waals surface area contributed by atoms with E-state index in [1.165, 1.54) is 12.5 Å². The normalized spacial score (nSPS) is 10.5. The molecule has 16 heavy (non-hydrogen) atoms. The summed E-state index contributed by atoms with van der Waals surface area (Å²) in [5.41, 5.74) is 1.32. The molecule has 0 aromatic carbocycles. The second kappa shape index (κ2) is 7.32. The fourth-order valence-corrected chi connectivity index (χ4v) is 1.28. The first-order valence-electron chi connectivity index (χ1n) is 4.95. The molecule has 1 heterocycles. The van der Waals surface area contributed by atoms with Gasteiger partial charge in [0.05, 0.1) is 6.61 Å². The van der Waals surface area contributed by atoms with Crippen LogP contribution in [0.2, 0.25) is 0 Å². The Hall–Kier alpha value is -0.980. The van der Waals surface area contributed by atoms with Gasteiger partial charge in [0.1, 0.15) is 6.54 Å². The van der Waals surface area contributed by atoms with Gasteiger partial charge in [0.15, 0.2) is 12.4 Å². The Bertz CT molecular complexity index is 403. The van der Waals surface area contributed by atoms with Crippen LogP contribution in [0.5, 0.6) is 0 Å². The largest absolute Gasteiger partial charge is 0.726 e. The first-order valence-corrected chi connectivity index (χ1v) is 6.28. The van der Waals surface area contributed by atoms with Crippen molar-refractivity contribution in [2.24, 2.45) is 0 Å². The Morgan fingerprint density at radius 2 is 2.06 bits per heavy atom. The van der Waals surface area contributed by atoms with Gasteiger partial charge in [-0.1, -0.05) is 0 Å². The molecule has 1 aromatic heterocycles. The van der Waals surface area contributed by atoms with Gasteiger partial charge in [0, 0.05) is 11.6 Å². The van der Waals surface area contributed by atoms with Gasteiger partial charge in [-0.2, -0.15) is 0 Å². The molecule has 0 atom stereocenters. The van der Waals surface area contributed by atoms with Gasteiger partial charge in [-0.25, -0.2) is 13.0 Å². The van der Waals surface area contributed by atoms with Crippen molar-refractivity contribution in [3.8, 4) is 0 Å². The number of aryl methyl sites for hydroxylation is 2. The van der Waals surface area contributed by atoms with Crippen LogP contribution in [0.15, 0.2) is 24.5 Å². The molecular formula is C10H17NO4S. The summed E-state index contributed by atoms with van der Waals surface area (Å²) in [5.74, 6) is 0. The third-order valence-corrected chi connectivity index (χ3v) is 2.16. The number of pyridine rings is 1. The molecule has 0 amide bonds. The fraction of sp³-hybridized carbons (Fsp3) is 0.500. The summed E-state index contributed by atoms with van der Waals surface area (Å²) in [6.07, 6.45) is 4.22. The molecule has 1 aromatic rings. The molecule has 0 saturated carbocycles. The maximum absolute atomic E-state index is 9.45. The number of aromatic nitrogens is 1. The molecule has 0 radical (unpaired) electrons. The van der Waals surface area contributed by atoms with Crippen molar-refractivity contribution in [3.63, 3.8) is 0 Å². The molecule has 0 saturated heterocycles. The van der Waals surface area contributed by atoms with Crippen molar-refractivity contribution < 1.29 is 21.7 Å². The third-order valence-electron chi connectivity index (χ3n) is 1.63. The quantitative estimate of drug-likeness (QED) is 0.450. The van der Waals surface area contributed by atoms with Crippen LogP contribution in [0.3, 0.4) is 0 Å². The van der Waals surface area contributed by atoms with Crippen molar-refractivity contribution in [2.75, 3.05) is 6.61 Å². The van der Waals surface area contributed by atoms with E-state index in [2.05, 4.69) is 47.1 Å². The summed E-state index contributed by atoms with van der Waals surface area (Å²) in [5, 5.41) is 0. The molecule has 0 N–H and O–H groups in total. The minimum absolute atomic E-state index is 0.0914. The number of hydrogen-bond donors (Lipinski definition) is 0. The maximum atomic E-state index is 9.45. The summed E-state index contributed by atoms with van der Waals surface area (Å²) < 4.78 is 34.2. The van der Waals surface area contributed by atoms with E-state index in [0.29, 0.717) is 0 Å². The summed E-state index contributed by atoms with van der Waals surface area (Å²) in [7, 11) is -4.42. The minimum Gasteiger partial charge on any atom is -0.726 e. The lowest BCUT2D eigenvalue weighted by Gasteiger charge is -2.02. The van der Waals surface area contributed by atoms with Crippen molar-refractivity contribution in [2.45, 2.75) is 27.3 Å². The van der Waals surface area contributed by atoms with Gasteiger partial charge >= 0.3 is 0 Å². The molecule has 0 bridgehead atoms. The van der Waals surface area contributed by atoms with Gasteiger partial charge in [-0.3, -0.25) is 4.18 Å². The van der Waals surface area contributed by atoms with Crippen molar-refractivity contribution in [1.29, 1.82) is 0 Å². The lowest BCUT2D eigenvalue weighted by atomic mass is 10.3. The first-order chi connectivity index (χ1) is 7.39. The van der Waals surface area contributed by atoms with Gasteiger partial charge in [0.25, 0.3) is 0 Å². The number of hydrogen-bond acceptors (Lipinski definition) is 4. The lowest BCUT2D eigenvalue weighted by molar-refractivity contribution is -0.693. The standard InChI is InChI=1S/C8H12N.C2H6O4S/c1-3-9-6-4-5-8(2)7-9;1-2-6-7(3,4)5/h4-7H,3H2,1-2H3;2H2,1H3,(H,3,4,5)/q+1;/p-1. The van der Waals surface area contributed by atoms with Crippen LogP contribution in [-0.4, -0.2) is 19.6 Å². The van der Waals surface area contributed by atoms with E-state index in [0.717, 1.165) is 6.54 Å². The average Bonchev–Trinajstić information content (AvgIpc) is 2.17. The molecule has 0 aliphatic carbocycles. The average molecular weight is 247 g/mol. The van der Waals surface area contributed by atoms with E-state index in [1.807, 2.05) is 0 Å². The third kappa shape index (κ3) is 8.34. The molecule has 92 valence electrons. The van der Waals surface area contributed by atoms with E-state index in [-0.39, 0.29) is 6.61 Å². The molecule has 0 fully saturated rings. The SMILES string of the molecule is CCOS(=O)(=O)[O-].CC[n+]1cccc(C)c1. The summed E-state index contributed by atoms with van der Waals surface area (Å²) >= 11 is 0. The Kier molecular flexibility index (Phi) is 6.87. The first kappa shape index (κ1) is 15.0. The number of nitrogens with zero attached hydrogens (tertiary/aromatic N) is 1. The Balaban J connectivity index is 0.000000293. The highest BCUT2D eigenvalue weighted by molar-refractivity contribution is 7.80. The molecule has 5 nitrogen and oxygen atoms in total. The summed E-state index contributed by atoms with van der Waals surface area (Å²) in [6, 6.07) is 4.17. The zero-order valence-electron chi connectivity index (χ0n) is 9.71. The molecule has 0 spiro atoms. The van der Waals surface area contributed by atoms with Crippen LogP contribution >= 0.6 is 0 Å². The van der Waals surface area contributed by atoms with E-state index >= 15 is 0 Å². The van der Waals surface area contributed by atoms with Crippen LogP contribution in [0, 0.1) is 6.92 Å². The highest BCUT2D eigenvalue weighted by Crippen LogP contribution is 1.88. The van der Waals surface area contributed by atoms with Crippen molar-refractivity contribution in [3.05, 3.63) is 30.1 Å². The Morgan fingerprint density at radius 1 is 1.44 bits per heavy atom. The molecular weight excluding hydrogens is 230 g/mol. The predicted molar refractivity (Wildman–Crippen MR) is 58.4 cm³/mol. The Morgan fingerprint density at radius 3 is 2.31 bits per heavy atom. The molecule has 0 aliphatic heterocycles. The summed E-state index contributed by atoms with van der Waals surface area (Å²) in [4.78, 5) is 0. The second-order valence-corrected chi connectivity index (χ2v) is 4.08. The van der Waals surface area contributed by atoms with E-state index in [4.69, 9.17) is 0 Å². The molecule has 6 heteroatoms. The zero-order valence-corrected chi connectivity index (χ0v) is 10.5. The van der Waals surface area contributed by atoms with Crippen molar-refractivity contribution >= 4 is 10.4 Å². The molecule has 1 rings (SSSR count). The van der Waals surface area contributed by atoms with Gasteiger partial charge in [-0.15, -0.1) is 0 Å². The maximum Gasteiger partial charge on any atom is 0.217 e. The molecule has 0 aliphatic rings. The second-order valence-electron chi connectivity index (χ2n) is 3.03. The van der Waals surface area contributed by atoms with Crippen LogP contribution in [0.25, 0.3) is 0 Å². The highest BCUT2D eigenvalue weighted by atomic mass is 32.3. The van der Waals surface area contributed by atoms with E-state index in [1.54, 1.807) is 0 Å². The zero-order chi connectivity index (χ0) is 12.6.